The van der Waals surface area contributed by atoms with Crippen LogP contribution in [0.15, 0.2) is 164 Å². The van der Waals surface area contributed by atoms with Crippen LogP contribution in [0.5, 0.6) is 0 Å². The van der Waals surface area contributed by atoms with Crippen molar-refractivity contribution in [2.45, 2.75) is 0 Å². The van der Waals surface area contributed by atoms with E-state index in [1.54, 1.807) is 0 Å². The Morgan fingerprint density at radius 1 is 0.326 bits per heavy atom. The summed E-state index contributed by atoms with van der Waals surface area (Å²) < 4.78 is 0. The van der Waals surface area contributed by atoms with E-state index in [-0.39, 0.29) is 0 Å². The fourth-order valence-electron chi connectivity index (χ4n) is 7.01. The highest BCUT2D eigenvalue weighted by Gasteiger charge is 2.24. The van der Waals surface area contributed by atoms with Gasteiger partial charge in [0.2, 0.25) is 0 Å². The van der Waals surface area contributed by atoms with Crippen LogP contribution in [0, 0.1) is 0 Å². The molecule has 8 aromatic carbocycles. The Bertz CT molecular complexity index is 2320. The summed E-state index contributed by atoms with van der Waals surface area (Å²) in [5, 5.41) is 7.65. The van der Waals surface area contributed by atoms with Crippen LogP contribution < -0.4 is 4.90 Å². The maximum absolute atomic E-state index is 2.44. The topological polar surface area (TPSA) is 3.24 Å². The summed E-state index contributed by atoms with van der Waals surface area (Å²) in [6.07, 6.45) is 0. The van der Waals surface area contributed by atoms with E-state index in [4.69, 9.17) is 0 Å². The van der Waals surface area contributed by atoms with Crippen molar-refractivity contribution in [1.82, 2.24) is 0 Å². The van der Waals surface area contributed by atoms with E-state index in [1.807, 2.05) is 0 Å². The van der Waals surface area contributed by atoms with Gasteiger partial charge in [0, 0.05) is 16.8 Å². The smallest absolute Gasteiger partial charge is 0.0540 e. The lowest BCUT2D eigenvalue weighted by atomic mass is 9.98. The van der Waals surface area contributed by atoms with Crippen molar-refractivity contribution in [2.24, 2.45) is 0 Å². The minimum atomic E-state index is 1.14. The van der Waals surface area contributed by atoms with Crippen molar-refractivity contribution in [3.63, 3.8) is 0 Å². The molecular formula is C42H27N. The minimum Gasteiger partial charge on any atom is -0.310 e. The van der Waals surface area contributed by atoms with Gasteiger partial charge in [0.25, 0.3) is 0 Å². The Morgan fingerprint density at radius 3 is 1.84 bits per heavy atom. The van der Waals surface area contributed by atoms with Gasteiger partial charge in [-0.1, -0.05) is 133 Å². The molecule has 0 fully saturated rings. The van der Waals surface area contributed by atoms with Gasteiger partial charge in [-0.3, -0.25) is 0 Å². The van der Waals surface area contributed by atoms with Crippen LogP contribution in [-0.2, 0) is 0 Å². The first-order valence-corrected chi connectivity index (χ1v) is 14.9. The van der Waals surface area contributed by atoms with Crippen molar-refractivity contribution in [2.75, 3.05) is 4.90 Å². The highest BCUT2D eigenvalue weighted by atomic mass is 15.1. The van der Waals surface area contributed by atoms with E-state index in [0.717, 1.165) is 11.4 Å². The average Bonchev–Trinajstić information content (AvgIpc) is 3.41. The molecule has 0 amide bonds. The molecule has 0 aromatic heterocycles. The van der Waals surface area contributed by atoms with Crippen molar-refractivity contribution in [3.05, 3.63) is 164 Å². The number of rotatable bonds is 4. The third-order valence-electron chi connectivity index (χ3n) is 8.96. The maximum Gasteiger partial charge on any atom is 0.0540 e. The SMILES string of the molecule is c1ccc(-c2cccc(N(c3ccc4c(ccc5ccccc54)c3)c3ccc4c5c(cccc35)-c3ccccc3-4)c2)cc1. The van der Waals surface area contributed by atoms with E-state index in [9.17, 15) is 0 Å². The van der Waals surface area contributed by atoms with Gasteiger partial charge in [0.1, 0.15) is 0 Å². The fraction of sp³-hybridized carbons (Fsp3) is 0. The molecule has 1 nitrogen and oxygen atoms in total. The summed E-state index contributed by atoms with van der Waals surface area (Å²) in [6.45, 7) is 0. The van der Waals surface area contributed by atoms with Gasteiger partial charge in [0.15, 0.2) is 0 Å². The van der Waals surface area contributed by atoms with Gasteiger partial charge in [0.05, 0.1) is 5.69 Å². The summed E-state index contributed by atoms with van der Waals surface area (Å²) in [5.74, 6) is 0. The van der Waals surface area contributed by atoms with E-state index in [1.165, 1.54) is 71.4 Å². The van der Waals surface area contributed by atoms with Gasteiger partial charge < -0.3 is 4.90 Å². The van der Waals surface area contributed by atoms with Crippen LogP contribution in [0.1, 0.15) is 0 Å². The summed E-state index contributed by atoms with van der Waals surface area (Å²) in [4.78, 5) is 2.44. The second-order valence-corrected chi connectivity index (χ2v) is 11.3. The Labute approximate surface area is 250 Å². The van der Waals surface area contributed by atoms with E-state index >= 15 is 0 Å². The lowest BCUT2D eigenvalue weighted by molar-refractivity contribution is 1.30. The fourth-order valence-corrected chi connectivity index (χ4v) is 7.01. The summed E-state index contributed by atoms with van der Waals surface area (Å²) >= 11 is 0. The maximum atomic E-state index is 2.44. The zero-order chi connectivity index (χ0) is 28.3. The first kappa shape index (κ1) is 24.0. The quantitative estimate of drug-likeness (QED) is 0.199. The number of fused-ring (bicyclic) bond motifs is 6. The van der Waals surface area contributed by atoms with Crippen LogP contribution in [0.25, 0.3) is 65.7 Å². The normalized spacial score (nSPS) is 11.7. The second-order valence-electron chi connectivity index (χ2n) is 11.3. The van der Waals surface area contributed by atoms with Gasteiger partial charge in [-0.2, -0.15) is 0 Å². The molecule has 0 heterocycles. The molecule has 0 N–H and O–H groups in total. The van der Waals surface area contributed by atoms with Crippen molar-refractivity contribution < 1.29 is 0 Å². The summed E-state index contributed by atoms with van der Waals surface area (Å²) in [5.41, 5.74) is 11.1. The van der Waals surface area contributed by atoms with Crippen molar-refractivity contribution in [1.29, 1.82) is 0 Å². The highest BCUT2D eigenvalue weighted by molar-refractivity contribution is 6.19. The molecule has 9 rings (SSSR count). The molecule has 0 spiro atoms. The molecule has 1 aliphatic carbocycles. The van der Waals surface area contributed by atoms with Gasteiger partial charge in [-0.05, 0) is 90.6 Å². The lowest BCUT2D eigenvalue weighted by Crippen LogP contribution is -2.10. The first-order chi connectivity index (χ1) is 21.3. The van der Waals surface area contributed by atoms with Gasteiger partial charge in [-0.15, -0.1) is 0 Å². The third kappa shape index (κ3) is 3.72. The molecule has 0 aliphatic heterocycles. The standard InChI is InChI=1S/C42H27N/c1-2-10-28(11-3-1)30-13-8-14-32(26-30)43(33-22-23-35-31(27-33)21-20-29-12-4-5-15-34(29)35)41-25-24-39-37-17-7-6-16-36(37)38-18-9-19-40(41)42(38)39/h1-27H. The predicted molar refractivity (Wildman–Crippen MR) is 184 cm³/mol. The van der Waals surface area contributed by atoms with E-state index < -0.39 is 0 Å². The molecule has 43 heavy (non-hydrogen) atoms. The number of nitrogens with zero attached hydrogens (tertiary/aromatic N) is 1. The second kappa shape index (κ2) is 9.44. The Kier molecular flexibility index (Phi) is 5.27. The van der Waals surface area contributed by atoms with Crippen LogP contribution in [0.4, 0.5) is 17.1 Å². The Hall–Kier alpha value is -5.66. The highest BCUT2D eigenvalue weighted by Crippen LogP contribution is 2.51. The Morgan fingerprint density at radius 2 is 0.953 bits per heavy atom. The monoisotopic (exact) mass is 545 g/mol. The lowest BCUT2D eigenvalue weighted by Gasteiger charge is -2.28. The zero-order valence-electron chi connectivity index (χ0n) is 23.5. The van der Waals surface area contributed by atoms with Crippen LogP contribution >= 0.6 is 0 Å². The largest absolute Gasteiger partial charge is 0.310 e. The molecular weight excluding hydrogens is 518 g/mol. The molecule has 0 atom stereocenters. The van der Waals surface area contributed by atoms with Gasteiger partial charge >= 0.3 is 0 Å². The number of hydrogen-bond donors (Lipinski definition) is 0. The molecule has 1 aliphatic rings. The van der Waals surface area contributed by atoms with Gasteiger partial charge in [-0.25, -0.2) is 0 Å². The molecule has 0 bridgehead atoms. The number of benzene rings is 8. The molecule has 0 radical (unpaired) electrons. The minimum absolute atomic E-state index is 1.14. The van der Waals surface area contributed by atoms with Crippen LogP contribution in [0.3, 0.4) is 0 Å². The van der Waals surface area contributed by atoms with E-state index in [0.29, 0.717) is 0 Å². The van der Waals surface area contributed by atoms with Crippen LogP contribution in [-0.4, -0.2) is 0 Å². The molecule has 8 aromatic rings. The number of anilines is 3. The third-order valence-corrected chi connectivity index (χ3v) is 8.96. The molecule has 0 saturated heterocycles. The summed E-state index contributed by atoms with van der Waals surface area (Å²) in [7, 11) is 0. The first-order valence-electron chi connectivity index (χ1n) is 14.9. The number of hydrogen-bond acceptors (Lipinski definition) is 1. The molecule has 200 valence electrons. The molecule has 0 saturated carbocycles. The van der Waals surface area contributed by atoms with E-state index in [2.05, 4.69) is 169 Å². The summed E-state index contributed by atoms with van der Waals surface area (Å²) in [6, 6.07) is 59.8. The molecule has 1 heteroatoms. The molecule has 0 unspecified atom stereocenters. The van der Waals surface area contributed by atoms with Crippen molar-refractivity contribution in [3.8, 4) is 33.4 Å². The predicted octanol–water partition coefficient (Wildman–Crippen LogP) is 11.9. The average molecular weight is 546 g/mol. The van der Waals surface area contributed by atoms with Crippen molar-refractivity contribution >= 4 is 49.4 Å². The Balaban J connectivity index is 1.31. The zero-order valence-corrected chi connectivity index (χ0v) is 23.5. The van der Waals surface area contributed by atoms with Crippen LogP contribution in [0.2, 0.25) is 0 Å².